The summed E-state index contributed by atoms with van der Waals surface area (Å²) in [6.07, 6.45) is 1.28. The Morgan fingerprint density at radius 1 is 1.18 bits per heavy atom. The number of hydrogen-bond acceptors (Lipinski definition) is 3. The molecule has 1 N–H and O–H groups in total. The molecule has 0 radical (unpaired) electrons. The van der Waals surface area contributed by atoms with Crippen LogP contribution < -0.4 is 9.64 Å². The molecule has 0 aromatic heterocycles. The first kappa shape index (κ1) is 14.4. The number of hydrogen-bond donors (Lipinski definition) is 1. The van der Waals surface area contributed by atoms with Crippen LogP contribution in [0.5, 0.6) is 11.5 Å². The molecule has 1 heterocycles. The average Bonchev–Trinajstić information content (AvgIpc) is 2.53. The molecule has 2 aromatic rings. The predicted molar refractivity (Wildman–Crippen MR) is 85.3 cm³/mol. The fourth-order valence-electron chi connectivity index (χ4n) is 2.71. The van der Waals surface area contributed by atoms with Gasteiger partial charge in [0.2, 0.25) is 0 Å². The van der Waals surface area contributed by atoms with Crippen molar-refractivity contribution in [2.45, 2.75) is 25.9 Å². The smallest absolute Gasteiger partial charge is 0.267 e. The Hall–Kier alpha value is -2.49. The monoisotopic (exact) mass is 297 g/mol. The van der Waals surface area contributed by atoms with Crippen LogP contribution in [0.3, 0.4) is 0 Å². The van der Waals surface area contributed by atoms with E-state index >= 15 is 0 Å². The first-order valence-corrected chi connectivity index (χ1v) is 7.50. The van der Waals surface area contributed by atoms with Gasteiger partial charge in [0.25, 0.3) is 5.91 Å². The van der Waals surface area contributed by atoms with E-state index in [0.717, 1.165) is 12.8 Å². The highest BCUT2D eigenvalue weighted by molar-refractivity contribution is 6.00. The van der Waals surface area contributed by atoms with Gasteiger partial charge in [0, 0.05) is 12.6 Å². The molecular weight excluding hydrogens is 278 g/mol. The molecule has 4 heteroatoms. The number of ether oxygens (including phenoxy) is 1. The van der Waals surface area contributed by atoms with Crippen LogP contribution in [0.25, 0.3) is 0 Å². The number of phenols is 1. The van der Waals surface area contributed by atoms with Crippen LogP contribution in [0, 0.1) is 0 Å². The molecule has 1 aliphatic rings. The second-order valence-electron chi connectivity index (χ2n) is 5.49. The summed E-state index contributed by atoms with van der Waals surface area (Å²) in [7, 11) is 0. The lowest BCUT2D eigenvalue weighted by Crippen LogP contribution is -2.44. The van der Waals surface area contributed by atoms with Crippen molar-refractivity contribution in [3.8, 4) is 11.5 Å². The number of anilines is 1. The standard InChI is InChI=1S/C18H19NO3/c1-13-18(21)19(11-5-8-14-6-3-2-4-7-14)16-12-15(20)9-10-17(16)22-13/h2-4,6-7,9-10,12-13,20H,5,8,11H2,1H3. The second-order valence-corrected chi connectivity index (χ2v) is 5.49. The lowest BCUT2D eigenvalue weighted by molar-refractivity contribution is -0.125. The van der Waals surface area contributed by atoms with Gasteiger partial charge in [-0.15, -0.1) is 0 Å². The van der Waals surface area contributed by atoms with Gasteiger partial charge in [-0.05, 0) is 37.5 Å². The van der Waals surface area contributed by atoms with Gasteiger partial charge in [0.05, 0.1) is 5.69 Å². The fraction of sp³-hybridized carbons (Fsp3) is 0.278. The Morgan fingerprint density at radius 3 is 2.73 bits per heavy atom. The zero-order valence-corrected chi connectivity index (χ0v) is 12.5. The van der Waals surface area contributed by atoms with Crippen LogP contribution in [-0.4, -0.2) is 23.7 Å². The number of benzene rings is 2. The van der Waals surface area contributed by atoms with Crippen molar-refractivity contribution in [1.29, 1.82) is 0 Å². The van der Waals surface area contributed by atoms with Gasteiger partial charge >= 0.3 is 0 Å². The van der Waals surface area contributed by atoms with Gasteiger partial charge in [0.15, 0.2) is 6.10 Å². The number of phenolic OH excluding ortho intramolecular Hbond substituents is 1. The van der Waals surface area contributed by atoms with Crippen LogP contribution in [0.2, 0.25) is 0 Å². The summed E-state index contributed by atoms with van der Waals surface area (Å²) in [4.78, 5) is 14.1. The lowest BCUT2D eigenvalue weighted by atomic mass is 10.1. The van der Waals surface area contributed by atoms with Crippen LogP contribution in [-0.2, 0) is 11.2 Å². The van der Waals surface area contributed by atoms with E-state index in [0.29, 0.717) is 18.0 Å². The van der Waals surface area contributed by atoms with Gasteiger partial charge in [-0.3, -0.25) is 4.79 Å². The van der Waals surface area contributed by atoms with Crippen LogP contribution in [0.1, 0.15) is 18.9 Å². The molecule has 22 heavy (non-hydrogen) atoms. The topological polar surface area (TPSA) is 49.8 Å². The maximum atomic E-state index is 12.4. The Kier molecular flexibility index (Phi) is 4.00. The first-order valence-electron chi connectivity index (χ1n) is 7.50. The molecule has 1 aliphatic heterocycles. The molecule has 2 aromatic carbocycles. The summed E-state index contributed by atoms with van der Waals surface area (Å²) < 4.78 is 5.59. The minimum atomic E-state index is -0.492. The molecule has 4 nitrogen and oxygen atoms in total. The maximum absolute atomic E-state index is 12.4. The molecular formula is C18H19NO3. The van der Waals surface area contributed by atoms with Crippen LogP contribution in [0.15, 0.2) is 48.5 Å². The summed E-state index contributed by atoms with van der Waals surface area (Å²) in [5.74, 6) is 0.716. The number of aryl methyl sites for hydroxylation is 1. The number of rotatable bonds is 4. The van der Waals surface area contributed by atoms with Crippen molar-refractivity contribution in [2.24, 2.45) is 0 Å². The Balaban J connectivity index is 1.74. The summed E-state index contributed by atoms with van der Waals surface area (Å²) in [6, 6.07) is 15.1. The number of carbonyl (C=O) groups is 1. The van der Waals surface area contributed by atoms with E-state index in [9.17, 15) is 9.90 Å². The molecule has 0 bridgehead atoms. The third kappa shape index (κ3) is 2.91. The van der Waals surface area contributed by atoms with E-state index in [1.807, 2.05) is 18.2 Å². The summed E-state index contributed by atoms with van der Waals surface area (Å²) in [5.41, 5.74) is 1.91. The molecule has 1 atom stereocenters. The zero-order valence-electron chi connectivity index (χ0n) is 12.5. The van der Waals surface area contributed by atoms with E-state index in [1.165, 1.54) is 5.56 Å². The molecule has 0 saturated heterocycles. The van der Waals surface area contributed by atoms with Crippen molar-refractivity contribution in [1.82, 2.24) is 0 Å². The number of aromatic hydroxyl groups is 1. The van der Waals surface area contributed by atoms with Crippen molar-refractivity contribution >= 4 is 11.6 Å². The lowest BCUT2D eigenvalue weighted by Gasteiger charge is -2.33. The van der Waals surface area contributed by atoms with Crippen molar-refractivity contribution in [3.63, 3.8) is 0 Å². The molecule has 114 valence electrons. The van der Waals surface area contributed by atoms with Crippen molar-refractivity contribution < 1.29 is 14.6 Å². The molecule has 0 spiro atoms. The van der Waals surface area contributed by atoms with E-state index in [2.05, 4.69) is 12.1 Å². The fourth-order valence-corrected chi connectivity index (χ4v) is 2.71. The molecule has 0 fully saturated rings. The van der Waals surface area contributed by atoms with Gasteiger partial charge in [-0.1, -0.05) is 30.3 Å². The number of carbonyl (C=O) groups excluding carboxylic acids is 1. The number of nitrogens with zero attached hydrogens (tertiary/aromatic N) is 1. The van der Waals surface area contributed by atoms with Gasteiger partial charge < -0.3 is 14.7 Å². The predicted octanol–water partition coefficient (Wildman–Crippen LogP) is 3.14. The van der Waals surface area contributed by atoms with E-state index in [1.54, 1.807) is 30.0 Å². The zero-order chi connectivity index (χ0) is 15.5. The first-order chi connectivity index (χ1) is 10.6. The number of amides is 1. The molecule has 3 rings (SSSR count). The number of fused-ring (bicyclic) bond motifs is 1. The highest BCUT2D eigenvalue weighted by atomic mass is 16.5. The van der Waals surface area contributed by atoms with E-state index < -0.39 is 6.10 Å². The van der Waals surface area contributed by atoms with Gasteiger partial charge in [0.1, 0.15) is 11.5 Å². The average molecular weight is 297 g/mol. The normalized spacial score (nSPS) is 17.0. The minimum Gasteiger partial charge on any atom is -0.508 e. The SMILES string of the molecule is CC1Oc2ccc(O)cc2N(CCCc2ccccc2)C1=O. The van der Waals surface area contributed by atoms with E-state index in [4.69, 9.17) is 4.74 Å². The van der Waals surface area contributed by atoms with Gasteiger partial charge in [-0.2, -0.15) is 0 Å². The van der Waals surface area contributed by atoms with Crippen LogP contribution in [0.4, 0.5) is 5.69 Å². The largest absolute Gasteiger partial charge is 0.508 e. The summed E-state index contributed by atoms with van der Waals surface area (Å²) in [6.45, 7) is 2.36. The minimum absolute atomic E-state index is 0.0637. The summed E-state index contributed by atoms with van der Waals surface area (Å²) in [5, 5.41) is 9.67. The van der Waals surface area contributed by atoms with Crippen LogP contribution >= 0.6 is 0 Å². The van der Waals surface area contributed by atoms with E-state index in [-0.39, 0.29) is 11.7 Å². The Morgan fingerprint density at radius 2 is 1.95 bits per heavy atom. The third-order valence-corrected chi connectivity index (χ3v) is 3.84. The molecule has 1 unspecified atom stereocenters. The Labute approximate surface area is 130 Å². The van der Waals surface area contributed by atoms with Crippen molar-refractivity contribution in [3.05, 3.63) is 54.1 Å². The van der Waals surface area contributed by atoms with Crippen molar-refractivity contribution in [2.75, 3.05) is 11.4 Å². The maximum Gasteiger partial charge on any atom is 0.267 e. The highest BCUT2D eigenvalue weighted by Crippen LogP contribution is 2.36. The van der Waals surface area contributed by atoms with Gasteiger partial charge in [-0.25, -0.2) is 0 Å². The third-order valence-electron chi connectivity index (χ3n) is 3.84. The highest BCUT2D eigenvalue weighted by Gasteiger charge is 2.31. The Bertz CT molecular complexity index is 669. The summed E-state index contributed by atoms with van der Waals surface area (Å²) >= 11 is 0. The molecule has 0 aliphatic carbocycles. The second kappa shape index (κ2) is 6.10. The molecule has 1 amide bonds. The quantitative estimate of drug-likeness (QED) is 0.943. The molecule has 0 saturated carbocycles.